The van der Waals surface area contributed by atoms with Crippen molar-refractivity contribution in [3.8, 4) is 0 Å². The molecule has 0 radical (unpaired) electrons. The van der Waals surface area contributed by atoms with Gasteiger partial charge in [0.25, 0.3) is 0 Å². The number of nitrogens with one attached hydrogen (secondary N) is 2. The molecule has 0 spiro atoms. The minimum Gasteiger partial charge on any atom is -0.338 e. The molecule has 2 fully saturated rings. The third-order valence-electron chi connectivity index (χ3n) is 5.00. The van der Waals surface area contributed by atoms with Crippen LogP contribution in [0.5, 0.6) is 0 Å². The first-order valence-corrected chi connectivity index (χ1v) is 11.1. The maximum Gasteiger partial charge on any atom is 0.317 e. The zero-order valence-electron chi connectivity index (χ0n) is 13.5. The Labute approximate surface area is 145 Å². The van der Waals surface area contributed by atoms with Crippen LogP contribution in [0.2, 0.25) is 0 Å². The lowest BCUT2D eigenvalue weighted by Gasteiger charge is -2.37. The summed E-state index contributed by atoms with van der Waals surface area (Å²) in [5, 5.41) is 7.24. The molecule has 0 bridgehead atoms. The largest absolute Gasteiger partial charge is 0.338 e. The van der Waals surface area contributed by atoms with Crippen molar-refractivity contribution in [2.75, 3.05) is 31.1 Å². The van der Waals surface area contributed by atoms with Gasteiger partial charge in [-0.25, -0.2) is 18.2 Å². The van der Waals surface area contributed by atoms with Crippen molar-refractivity contribution < 1.29 is 13.2 Å². The smallest absolute Gasteiger partial charge is 0.317 e. The Bertz CT molecular complexity index is 724. The SMILES string of the molecule is O=C(NCCc1nc2c(s1)CCC2)N1CCN[C@H]2CS(=O)(=O)C[C@H]21. The fourth-order valence-corrected chi connectivity index (χ4v) is 6.96. The quantitative estimate of drug-likeness (QED) is 0.779. The Morgan fingerprint density at radius 2 is 2.25 bits per heavy atom. The number of carbonyl (C=O) groups is 1. The molecule has 24 heavy (non-hydrogen) atoms. The molecule has 0 saturated carbocycles. The van der Waals surface area contributed by atoms with Crippen LogP contribution in [0.3, 0.4) is 0 Å². The molecule has 3 aliphatic rings. The Kier molecular flexibility index (Phi) is 4.26. The lowest BCUT2D eigenvalue weighted by molar-refractivity contribution is 0.151. The molecule has 1 aromatic rings. The first-order valence-electron chi connectivity index (χ1n) is 8.47. The summed E-state index contributed by atoms with van der Waals surface area (Å²) in [6, 6.07) is -0.531. The van der Waals surface area contributed by atoms with Crippen molar-refractivity contribution in [1.29, 1.82) is 0 Å². The van der Waals surface area contributed by atoms with Gasteiger partial charge in [-0.1, -0.05) is 0 Å². The van der Waals surface area contributed by atoms with E-state index in [1.54, 1.807) is 16.2 Å². The van der Waals surface area contributed by atoms with Crippen molar-refractivity contribution in [2.24, 2.45) is 0 Å². The van der Waals surface area contributed by atoms with E-state index in [1.807, 2.05) is 0 Å². The number of carbonyl (C=O) groups excluding carboxylic acids is 1. The van der Waals surface area contributed by atoms with Gasteiger partial charge in [-0.05, 0) is 19.3 Å². The van der Waals surface area contributed by atoms with Crippen LogP contribution >= 0.6 is 11.3 Å². The van der Waals surface area contributed by atoms with Gasteiger partial charge < -0.3 is 15.5 Å². The molecule has 2 aliphatic heterocycles. The topological polar surface area (TPSA) is 91.4 Å². The minimum atomic E-state index is -3.05. The Morgan fingerprint density at radius 3 is 3.08 bits per heavy atom. The molecule has 0 aromatic carbocycles. The summed E-state index contributed by atoms with van der Waals surface area (Å²) in [7, 11) is -3.05. The fourth-order valence-electron chi connectivity index (χ4n) is 3.85. The molecule has 2 atom stereocenters. The van der Waals surface area contributed by atoms with Crippen LogP contribution in [0.4, 0.5) is 4.79 Å². The Morgan fingerprint density at radius 1 is 1.38 bits per heavy atom. The third-order valence-corrected chi connectivity index (χ3v) is 7.93. The summed E-state index contributed by atoms with van der Waals surface area (Å²) in [6.07, 6.45) is 4.16. The number of nitrogens with zero attached hydrogens (tertiary/aromatic N) is 2. The molecule has 1 aliphatic carbocycles. The van der Waals surface area contributed by atoms with E-state index in [9.17, 15) is 13.2 Å². The van der Waals surface area contributed by atoms with Gasteiger partial charge in [0.05, 0.1) is 28.2 Å². The summed E-state index contributed by atoms with van der Waals surface area (Å²) in [4.78, 5) is 20.2. The lowest BCUT2D eigenvalue weighted by Crippen LogP contribution is -2.61. The zero-order valence-corrected chi connectivity index (χ0v) is 15.1. The van der Waals surface area contributed by atoms with Crippen LogP contribution in [0, 0.1) is 0 Å². The summed E-state index contributed by atoms with van der Waals surface area (Å²) in [5.74, 6) is 0.198. The molecule has 0 unspecified atom stereocenters. The number of rotatable bonds is 3. The molecule has 2 N–H and O–H groups in total. The molecule has 1 aromatic heterocycles. The highest BCUT2D eigenvalue weighted by molar-refractivity contribution is 7.91. The van der Waals surface area contributed by atoms with Crippen LogP contribution in [-0.2, 0) is 29.1 Å². The highest BCUT2D eigenvalue weighted by Crippen LogP contribution is 2.27. The molecular weight excluding hydrogens is 348 g/mol. The number of amides is 2. The van der Waals surface area contributed by atoms with Crippen molar-refractivity contribution >= 4 is 27.2 Å². The molecule has 132 valence electrons. The number of thiazole rings is 1. The van der Waals surface area contributed by atoms with Gasteiger partial charge in [0.1, 0.15) is 0 Å². The predicted molar refractivity (Wildman–Crippen MR) is 92.2 cm³/mol. The monoisotopic (exact) mass is 370 g/mol. The first-order chi connectivity index (χ1) is 11.5. The van der Waals surface area contributed by atoms with E-state index < -0.39 is 9.84 Å². The van der Waals surface area contributed by atoms with Gasteiger partial charge >= 0.3 is 6.03 Å². The number of hydrogen-bond acceptors (Lipinski definition) is 6. The maximum absolute atomic E-state index is 12.5. The van der Waals surface area contributed by atoms with Gasteiger partial charge in [-0.15, -0.1) is 11.3 Å². The van der Waals surface area contributed by atoms with E-state index in [0.29, 0.717) is 19.6 Å². The van der Waals surface area contributed by atoms with E-state index in [4.69, 9.17) is 0 Å². The van der Waals surface area contributed by atoms with Crippen LogP contribution in [0.25, 0.3) is 0 Å². The van der Waals surface area contributed by atoms with Gasteiger partial charge in [-0.3, -0.25) is 0 Å². The number of hydrogen-bond donors (Lipinski definition) is 2. The highest BCUT2D eigenvalue weighted by atomic mass is 32.2. The molecule has 7 nitrogen and oxygen atoms in total. The minimum absolute atomic E-state index is 0.0668. The molecule has 3 heterocycles. The average molecular weight is 371 g/mol. The first kappa shape index (κ1) is 16.3. The second kappa shape index (κ2) is 6.27. The number of fused-ring (bicyclic) bond motifs is 2. The van der Waals surface area contributed by atoms with Crippen molar-refractivity contribution in [3.05, 3.63) is 15.6 Å². The molecule has 2 saturated heterocycles. The molecular formula is C15H22N4O3S2. The summed E-state index contributed by atoms with van der Waals surface area (Å²) in [5.41, 5.74) is 1.24. The number of sulfone groups is 1. The van der Waals surface area contributed by atoms with Gasteiger partial charge in [0.15, 0.2) is 9.84 Å². The zero-order chi connectivity index (χ0) is 16.7. The lowest BCUT2D eigenvalue weighted by atomic mass is 10.1. The summed E-state index contributed by atoms with van der Waals surface area (Å²) >= 11 is 1.76. The molecule has 4 rings (SSSR count). The normalized spacial score (nSPS) is 27.8. The predicted octanol–water partition coefficient (Wildman–Crippen LogP) is -0.0453. The second-order valence-corrected chi connectivity index (χ2v) is 10.0. The van der Waals surface area contributed by atoms with Crippen molar-refractivity contribution in [3.63, 3.8) is 0 Å². The fraction of sp³-hybridized carbons (Fsp3) is 0.733. The maximum atomic E-state index is 12.5. The summed E-state index contributed by atoms with van der Waals surface area (Å²) < 4.78 is 23.7. The van der Waals surface area contributed by atoms with Crippen molar-refractivity contribution in [2.45, 2.75) is 37.8 Å². The Balaban J connectivity index is 1.32. The van der Waals surface area contributed by atoms with Crippen LogP contribution in [0.1, 0.15) is 22.0 Å². The number of urea groups is 1. The average Bonchev–Trinajstić information content (AvgIpc) is 3.17. The van der Waals surface area contributed by atoms with Gasteiger partial charge in [-0.2, -0.15) is 0 Å². The molecule has 2 amide bonds. The van der Waals surface area contributed by atoms with E-state index in [1.165, 1.54) is 17.0 Å². The van der Waals surface area contributed by atoms with Gasteiger partial charge in [0, 0.05) is 37.0 Å². The number of piperazine rings is 1. The van der Waals surface area contributed by atoms with E-state index in [2.05, 4.69) is 15.6 Å². The highest BCUT2D eigenvalue weighted by Gasteiger charge is 2.44. The Hall–Kier alpha value is -1.19. The third kappa shape index (κ3) is 3.16. The summed E-state index contributed by atoms with van der Waals surface area (Å²) in [6.45, 7) is 1.73. The standard InChI is InChI=1S/C15H22N4O3S2/c20-15(17-5-4-14-18-10-2-1-3-13(10)23-14)19-7-6-16-11-8-24(21,22)9-12(11)19/h11-12,16H,1-9H2,(H,17,20)/t11-,12+/m0/s1. The molecule has 9 heteroatoms. The van der Waals surface area contributed by atoms with Crippen LogP contribution in [0.15, 0.2) is 0 Å². The second-order valence-electron chi connectivity index (χ2n) is 6.71. The van der Waals surface area contributed by atoms with Crippen LogP contribution < -0.4 is 10.6 Å². The van der Waals surface area contributed by atoms with Crippen molar-refractivity contribution in [1.82, 2.24) is 20.5 Å². The van der Waals surface area contributed by atoms with E-state index in [-0.39, 0.29) is 29.6 Å². The van der Waals surface area contributed by atoms with Crippen LogP contribution in [-0.4, -0.2) is 67.6 Å². The van der Waals surface area contributed by atoms with Gasteiger partial charge in [0.2, 0.25) is 0 Å². The number of aryl methyl sites for hydroxylation is 2. The number of aromatic nitrogens is 1. The van der Waals surface area contributed by atoms with E-state index >= 15 is 0 Å². The van der Waals surface area contributed by atoms with E-state index in [0.717, 1.165) is 24.3 Å².